The quantitative estimate of drug-likeness (QED) is 0.136. The highest BCUT2D eigenvalue weighted by atomic mass is 32.2. The van der Waals surface area contributed by atoms with E-state index in [1.807, 2.05) is 87.8 Å². The van der Waals surface area contributed by atoms with Gasteiger partial charge in [0.25, 0.3) is 11.5 Å². The van der Waals surface area contributed by atoms with Crippen LogP contribution >= 0.6 is 0 Å². The van der Waals surface area contributed by atoms with Crippen LogP contribution in [0.2, 0.25) is 0 Å². The third-order valence-corrected chi connectivity index (χ3v) is 11.4. The molecule has 2 saturated heterocycles. The number of sulfonamides is 3. The topological polar surface area (TPSA) is 411 Å². The molecule has 8 amide bonds. The molecule has 5 rings (SSSR count). The van der Waals surface area contributed by atoms with E-state index >= 15 is 0 Å². The predicted octanol–water partition coefficient (Wildman–Crippen LogP) is 5.95. The Kier molecular flexibility index (Phi) is 30.4. The number of rotatable bonds is 3. The number of carbonyl (C=O) groups is 7. The van der Waals surface area contributed by atoms with Gasteiger partial charge in [0.2, 0.25) is 41.9 Å². The van der Waals surface area contributed by atoms with Gasteiger partial charge in [0.15, 0.2) is 6.10 Å². The van der Waals surface area contributed by atoms with E-state index in [0.717, 1.165) is 30.2 Å². The number of nitrogens with one attached hydrogen (secondary N) is 7. The summed E-state index contributed by atoms with van der Waals surface area (Å²) >= 11 is 0. The van der Waals surface area contributed by atoms with Crippen LogP contribution in [-0.2, 0) is 64.2 Å². The van der Waals surface area contributed by atoms with Crippen molar-refractivity contribution in [1.82, 2.24) is 40.2 Å². The average Bonchev–Trinajstić information content (AvgIpc) is 4.04. The van der Waals surface area contributed by atoms with Crippen molar-refractivity contribution >= 4 is 83.3 Å². The Morgan fingerprint density at radius 1 is 0.639 bits per heavy atom. The van der Waals surface area contributed by atoms with Crippen LogP contribution in [0.15, 0.2) is 36.0 Å². The number of oxime groups is 1. The van der Waals surface area contributed by atoms with Crippen molar-refractivity contribution in [1.29, 1.82) is 0 Å². The fourth-order valence-electron chi connectivity index (χ4n) is 5.29. The van der Waals surface area contributed by atoms with Gasteiger partial charge in [-0.1, -0.05) is 109 Å². The number of nitrogens with zero attached hydrogens (tertiary/aromatic N) is 5. The van der Waals surface area contributed by atoms with Gasteiger partial charge in [-0.3, -0.25) is 34.5 Å². The fourth-order valence-corrected chi connectivity index (χ4v) is 7.43. The minimum Gasteiger partial charge on any atom is -0.435 e. The van der Waals surface area contributed by atoms with Gasteiger partial charge >= 0.3 is 24.1 Å². The molecule has 83 heavy (non-hydrogen) atoms. The summed E-state index contributed by atoms with van der Waals surface area (Å²) in [5.74, 6) is -0.602. The van der Waals surface area contributed by atoms with Gasteiger partial charge in [-0.15, -0.1) is 5.10 Å². The molecule has 0 aromatic carbocycles. The van der Waals surface area contributed by atoms with Crippen molar-refractivity contribution in [2.45, 2.75) is 201 Å². The van der Waals surface area contributed by atoms with Crippen molar-refractivity contribution in [3.63, 3.8) is 0 Å². The number of amides is 8. The third-order valence-electron chi connectivity index (χ3n) is 9.31. The molecule has 1 unspecified atom stereocenters. The first kappa shape index (κ1) is 81.1. The summed E-state index contributed by atoms with van der Waals surface area (Å²) in [7, 11) is -9.90. The number of carbonyl (C=O) groups excluding carboxylic acids is 7. The number of alkyl carbamates (subject to hydrolysis) is 1. The summed E-state index contributed by atoms with van der Waals surface area (Å²) in [5.41, 5.74) is -0.294. The standard InChI is InChI=1S/C7H12N2O2.C7H11NO3.2C7H11NO2.C6H11N3.C6H14N2O3S.C6H13NO3S.C5H13NO2S/c1-7(2,3)9-4-5(10)8-6(9)11;1-7(2,3)4-5(9)8-6(10)11-4;1-7(2,3)5-4-6(9)8-10-5;1-7(2,3)5-4-6(9)10-8-5;1-6(2,3)5-4-7-9-8-5;1-6(2,3)7-5(9)8-12(4,10)11;1-6(2,3)5(8)7-11(4,9)10;1-5(2,3)6-9(4,7)8/h4H2,1-3H3,(H,8,10,11);4H,1-3H3,(H,8,9,10);4H,1-3H3,(H,8,9);4H2,1-3H3;4H2,1-3H3;1-4H3,(H2,7,8,9);1-4H3,(H,7,8);6H,1-4H3. The number of cyclic esters (lactones) is 1. The lowest BCUT2D eigenvalue weighted by molar-refractivity contribution is -0.140. The van der Waals surface area contributed by atoms with Crippen LogP contribution in [0.4, 0.5) is 14.4 Å². The molecule has 4 aliphatic heterocycles. The molecule has 0 saturated carbocycles. The number of hydrogen-bond acceptors (Lipinski definition) is 21. The van der Waals surface area contributed by atoms with Gasteiger partial charge in [0, 0.05) is 49.8 Å². The Hall–Kier alpha value is -6.15. The van der Waals surface area contributed by atoms with Gasteiger partial charge in [-0.2, -0.15) is 10.3 Å². The second-order valence-corrected chi connectivity index (χ2v) is 32.6. The normalized spacial score (nSPS) is 16.4. The third kappa shape index (κ3) is 41.5. The summed E-state index contributed by atoms with van der Waals surface area (Å²) < 4.78 is 79.0. The minimum atomic E-state index is -3.46. The maximum absolute atomic E-state index is 11.0. The molecule has 32 heteroatoms. The number of aromatic amines is 1. The highest BCUT2D eigenvalue weighted by Crippen LogP contribution is 2.26. The molecular weight excluding hydrogens is 1150 g/mol. The first-order valence-corrected chi connectivity index (χ1v) is 31.4. The highest BCUT2D eigenvalue weighted by molar-refractivity contribution is 7.89. The maximum Gasteiger partial charge on any atom is 0.414 e. The van der Waals surface area contributed by atoms with Crippen molar-refractivity contribution in [2.24, 2.45) is 42.3 Å². The van der Waals surface area contributed by atoms with Gasteiger partial charge in [0.05, 0.1) is 36.6 Å². The largest absolute Gasteiger partial charge is 0.435 e. The van der Waals surface area contributed by atoms with Crippen molar-refractivity contribution in [2.75, 3.05) is 31.9 Å². The lowest BCUT2D eigenvalue weighted by Gasteiger charge is -2.29. The van der Waals surface area contributed by atoms with Crippen molar-refractivity contribution in [3.05, 3.63) is 22.2 Å². The minimum absolute atomic E-state index is 0.0356. The Morgan fingerprint density at radius 2 is 1.12 bits per heavy atom. The number of H-pyrrole nitrogens is 1. The Bertz CT molecular complexity index is 2840. The fraction of sp³-hybridized carbons (Fsp3) is 0.765. The molecule has 0 bridgehead atoms. The molecule has 1 aromatic heterocycles. The summed E-state index contributed by atoms with van der Waals surface area (Å²) in [5, 5.41) is 23.8. The lowest BCUT2D eigenvalue weighted by atomic mass is 9.88. The van der Waals surface area contributed by atoms with E-state index in [0.29, 0.717) is 18.7 Å². The van der Waals surface area contributed by atoms with E-state index in [4.69, 9.17) is 9.26 Å². The zero-order chi connectivity index (χ0) is 66.7. The first-order chi connectivity index (χ1) is 36.4. The van der Waals surface area contributed by atoms with E-state index in [1.54, 1.807) is 67.0 Å². The number of urea groups is 2. The van der Waals surface area contributed by atoms with Crippen LogP contribution in [0.1, 0.15) is 178 Å². The van der Waals surface area contributed by atoms with E-state index < -0.39 is 65.2 Å². The molecule has 0 radical (unpaired) electrons. The number of ether oxygens (including phenoxy) is 1. The van der Waals surface area contributed by atoms with E-state index in [9.17, 15) is 63.6 Å². The van der Waals surface area contributed by atoms with Crippen LogP contribution in [0.3, 0.4) is 0 Å². The van der Waals surface area contributed by atoms with Gasteiger partial charge in [-0.25, -0.2) is 53.9 Å². The highest BCUT2D eigenvalue weighted by Gasteiger charge is 2.41. The Balaban J connectivity index is -0.000000882. The second-order valence-electron chi connectivity index (χ2n) is 27.3. The van der Waals surface area contributed by atoms with Crippen molar-refractivity contribution < 1.29 is 72.9 Å². The zero-order valence-electron chi connectivity index (χ0n) is 53.7. The SMILES string of the molecule is CC(C)(C)C(=O)NS(C)(=O)=O.CC(C)(C)C1=NN=NC1.CC(C)(C)C1=NOC(=O)C1.CC(C)(C)C1OC(=O)NC1=O.CC(C)(C)N1CC(=O)NC1=O.CC(C)(C)NC(=O)NS(C)(=O)=O.CC(C)(C)NS(C)(=O)=O.CC(C)(C)c1cc(=O)[nH]o1. The molecular formula is C51H96N12O17S3. The molecule has 5 heterocycles. The number of hydrogen-bond donors (Lipinski definition) is 7. The van der Waals surface area contributed by atoms with Crippen molar-refractivity contribution in [3.8, 4) is 0 Å². The maximum atomic E-state index is 11.0. The van der Waals surface area contributed by atoms with Crippen LogP contribution in [-0.4, -0.2) is 143 Å². The smallest absolute Gasteiger partial charge is 0.414 e. The predicted molar refractivity (Wildman–Crippen MR) is 317 cm³/mol. The molecule has 2 fully saturated rings. The van der Waals surface area contributed by atoms with E-state index in [-0.39, 0.29) is 68.7 Å². The molecule has 480 valence electrons. The molecule has 29 nitrogen and oxygen atoms in total. The summed E-state index contributed by atoms with van der Waals surface area (Å²) in [6.07, 6.45) is 2.10. The Labute approximate surface area is 491 Å². The summed E-state index contributed by atoms with van der Waals surface area (Å²) in [6, 6.07) is 0.479. The molecule has 1 aromatic rings. The number of aromatic nitrogens is 1. The first-order valence-electron chi connectivity index (χ1n) is 25.7. The van der Waals surface area contributed by atoms with Crippen LogP contribution < -0.4 is 35.7 Å². The molecule has 7 N–H and O–H groups in total. The lowest BCUT2D eigenvalue weighted by Crippen LogP contribution is -2.47. The van der Waals surface area contributed by atoms with Crippen LogP contribution in [0.25, 0.3) is 0 Å². The van der Waals surface area contributed by atoms with E-state index in [2.05, 4.69) is 72.0 Å². The number of imide groups is 2. The molecule has 4 aliphatic rings. The average molecular weight is 1250 g/mol. The van der Waals surface area contributed by atoms with E-state index in [1.165, 1.54) is 11.0 Å². The zero-order valence-corrected chi connectivity index (χ0v) is 56.1. The summed E-state index contributed by atoms with van der Waals surface area (Å²) in [6.45, 7) is 46.0. The van der Waals surface area contributed by atoms with Crippen LogP contribution in [0.5, 0.6) is 0 Å². The van der Waals surface area contributed by atoms with Gasteiger partial charge in [-0.05, 0) is 67.5 Å². The second kappa shape index (κ2) is 31.1. The van der Waals surface area contributed by atoms with Gasteiger partial charge < -0.3 is 24.3 Å². The molecule has 0 spiro atoms. The summed E-state index contributed by atoms with van der Waals surface area (Å²) in [4.78, 5) is 92.3. The van der Waals surface area contributed by atoms with Crippen LogP contribution in [0, 0.1) is 21.7 Å². The molecule has 0 aliphatic carbocycles. The molecule has 1 atom stereocenters. The Morgan fingerprint density at radius 3 is 1.29 bits per heavy atom. The monoisotopic (exact) mass is 1240 g/mol. The van der Waals surface area contributed by atoms with Gasteiger partial charge in [0.1, 0.15) is 18.8 Å².